The molecule has 0 unspecified atom stereocenters. The summed E-state index contributed by atoms with van der Waals surface area (Å²) in [6.07, 6.45) is 1.46. The highest BCUT2D eigenvalue weighted by molar-refractivity contribution is 8.00. The van der Waals surface area contributed by atoms with Crippen molar-refractivity contribution < 1.29 is 23.8 Å². The van der Waals surface area contributed by atoms with Crippen molar-refractivity contribution in [2.75, 3.05) is 52.0 Å². The van der Waals surface area contributed by atoms with Gasteiger partial charge in [-0.3, -0.25) is 4.79 Å². The topological polar surface area (TPSA) is 80.3 Å². The highest BCUT2D eigenvalue weighted by atomic mass is 32.2. The predicted molar refractivity (Wildman–Crippen MR) is 129 cm³/mol. The van der Waals surface area contributed by atoms with Crippen molar-refractivity contribution in [3.05, 3.63) is 48.0 Å². The van der Waals surface area contributed by atoms with E-state index in [0.29, 0.717) is 42.4 Å². The molecule has 0 atom stereocenters. The van der Waals surface area contributed by atoms with E-state index in [0.717, 1.165) is 24.3 Å². The molecule has 0 aliphatic carbocycles. The number of nitrogens with one attached hydrogen (secondary N) is 1. The lowest BCUT2D eigenvalue weighted by molar-refractivity contribution is 0.0585. The number of ether oxygens (including phenoxy) is 3. The van der Waals surface area contributed by atoms with Gasteiger partial charge in [-0.15, -0.1) is 11.8 Å². The monoisotopic (exact) mass is 471 g/mol. The van der Waals surface area contributed by atoms with Gasteiger partial charge >= 0.3 is 6.03 Å². The first kappa shape index (κ1) is 23.1. The second kappa shape index (κ2) is 9.82. The molecule has 1 spiro atoms. The molecule has 1 N–H and O–H groups in total. The minimum Gasteiger partial charge on any atom is -0.497 e. The molecule has 0 bridgehead atoms. The summed E-state index contributed by atoms with van der Waals surface area (Å²) in [6.45, 7) is 1.87. The summed E-state index contributed by atoms with van der Waals surface area (Å²) in [4.78, 5) is 29.7. The van der Waals surface area contributed by atoms with E-state index >= 15 is 0 Å². The normalized spacial score (nSPS) is 17.1. The molecule has 2 fully saturated rings. The first-order valence-corrected chi connectivity index (χ1v) is 11.9. The van der Waals surface area contributed by atoms with Crippen molar-refractivity contribution in [2.24, 2.45) is 0 Å². The van der Waals surface area contributed by atoms with Gasteiger partial charge in [0.2, 0.25) is 0 Å². The van der Waals surface area contributed by atoms with E-state index in [9.17, 15) is 9.59 Å². The van der Waals surface area contributed by atoms with Gasteiger partial charge in [-0.2, -0.15) is 0 Å². The van der Waals surface area contributed by atoms with Gasteiger partial charge in [0.25, 0.3) is 5.91 Å². The average Bonchev–Trinajstić information content (AvgIpc) is 3.26. The first-order valence-electron chi connectivity index (χ1n) is 10.9. The van der Waals surface area contributed by atoms with Crippen molar-refractivity contribution in [3.8, 4) is 17.2 Å². The van der Waals surface area contributed by atoms with Crippen LogP contribution in [0.2, 0.25) is 0 Å². The highest BCUT2D eigenvalue weighted by Gasteiger charge is 2.47. The molecule has 2 aromatic rings. The number of benzene rings is 2. The molecule has 0 saturated carbocycles. The number of hydrogen-bond acceptors (Lipinski definition) is 6. The third-order valence-electron chi connectivity index (χ3n) is 6.19. The molecule has 2 saturated heterocycles. The summed E-state index contributed by atoms with van der Waals surface area (Å²) in [5, 5.41) is 2.94. The van der Waals surface area contributed by atoms with Crippen LogP contribution >= 0.6 is 11.8 Å². The number of anilines is 1. The van der Waals surface area contributed by atoms with Gasteiger partial charge in [0, 0.05) is 54.8 Å². The van der Waals surface area contributed by atoms with Gasteiger partial charge in [-0.05, 0) is 37.1 Å². The number of amides is 3. The maximum Gasteiger partial charge on any atom is 0.321 e. The van der Waals surface area contributed by atoms with Crippen LogP contribution in [0.1, 0.15) is 23.2 Å². The van der Waals surface area contributed by atoms with E-state index < -0.39 is 0 Å². The zero-order chi connectivity index (χ0) is 23.4. The molecule has 176 valence electrons. The molecule has 8 nitrogen and oxygen atoms in total. The molecule has 2 aliphatic rings. The molecule has 4 rings (SSSR count). The van der Waals surface area contributed by atoms with Gasteiger partial charge in [-0.25, -0.2) is 4.79 Å². The third-order valence-corrected chi connectivity index (χ3v) is 7.75. The highest BCUT2D eigenvalue weighted by Crippen LogP contribution is 2.44. The summed E-state index contributed by atoms with van der Waals surface area (Å²) >= 11 is 1.82. The van der Waals surface area contributed by atoms with Crippen LogP contribution in [-0.2, 0) is 0 Å². The van der Waals surface area contributed by atoms with Crippen LogP contribution in [0.3, 0.4) is 0 Å². The number of carbonyl (C=O) groups is 2. The number of nitrogens with zero attached hydrogens (tertiary/aromatic N) is 2. The number of urea groups is 1. The molecular formula is C24H29N3O5S. The van der Waals surface area contributed by atoms with Crippen LogP contribution in [-0.4, -0.2) is 73.3 Å². The number of piperidine rings is 1. The Hall–Kier alpha value is -3.07. The van der Waals surface area contributed by atoms with Gasteiger partial charge < -0.3 is 29.3 Å². The Labute approximate surface area is 198 Å². The standard InChI is InChI=1S/C24H29N3O5S/c1-30-19-6-4-17(5-7-19)22(28)27-12-13-33-24(27)8-10-26(11-9-24)23(29)25-18-14-20(31-2)16-21(15-18)32-3/h4-7,14-16H,8-13H2,1-3H3,(H,25,29). The zero-order valence-electron chi connectivity index (χ0n) is 19.1. The van der Waals surface area contributed by atoms with Crippen LogP contribution in [0.4, 0.5) is 10.5 Å². The SMILES string of the molecule is COc1ccc(C(=O)N2CCSC23CCN(C(=O)Nc2cc(OC)cc(OC)c2)CC3)cc1. The second-order valence-corrected chi connectivity index (χ2v) is 9.46. The molecule has 2 aliphatic heterocycles. The average molecular weight is 472 g/mol. The fourth-order valence-corrected chi connectivity index (χ4v) is 5.80. The summed E-state index contributed by atoms with van der Waals surface area (Å²) in [6, 6.07) is 12.3. The van der Waals surface area contributed by atoms with E-state index in [1.807, 2.05) is 40.9 Å². The van der Waals surface area contributed by atoms with Gasteiger partial charge in [0.15, 0.2) is 0 Å². The third kappa shape index (κ3) is 4.83. The first-order chi connectivity index (χ1) is 16.0. The quantitative estimate of drug-likeness (QED) is 0.712. The maximum atomic E-state index is 13.3. The van der Waals surface area contributed by atoms with Gasteiger partial charge in [-0.1, -0.05) is 0 Å². The van der Waals surface area contributed by atoms with Crippen LogP contribution in [0, 0.1) is 0 Å². The number of rotatable bonds is 5. The lowest BCUT2D eigenvalue weighted by Gasteiger charge is -2.44. The number of hydrogen-bond donors (Lipinski definition) is 1. The van der Waals surface area contributed by atoms with Gasteiger partial charge in [0.1, 0.15) is 17.2 Å². The number of likely N-dealkylation sites (tertiary alicyclic amines) is 1. The van der Waals surface area contributed by atoms with Crippen LogP contribution in [0.15, 0.2) is 42.5 Å². The predicted octanol–water partition coefficient (Wildman–Crippen LogP) is 3.93. The van der Waals surface area contributed by atoms with E-state index in [1.54, 1.807) is 44.4 Å². The Balaban J connectivity index is 1.40. The summed E-state index contributed by atoms with van der Waals surface area (Å²) in [5.41, 5.74) is 1.27. The minimum atomic E-state index is -0.271. The summed E-state index contributed by atoms with van der Waals surface area (Å²) in [7, 11) is 4.75. The summed E-state index contributed by atoms with van der Waals surface area (Å²) in [5.74, 6) is 2.88. The Kier molecular flexibility index (Phi) is 6.88. The number of carbonyl (C=O) groups excluding carboxylic acids is 2. The molecular weight excluding hydrogens is 442 g/mol. The summed E-state index contributed by atoms with van der Waals surface area (Å²) < 4.78 is 15.8. The van der Waals surface area contributed by atoms with E-state index in [2.05, 4.69) is 5.32 Å². The van der Waals surface area contributed by atoms with Crippen LogP contribution in [0.25, 0.3) is 0 Å². The van der Waals surface area contributed by atoms with E-state index in [4.69, 9.17) is 14.2 Å². The van der Waals surface area contributed by atoms with Crippen LogP contribution < -0.4 is 19.5 Å². The second-order valence-electron chi connectivity index (χ2n) is 8.00. The maximum absolute atomic E-state index is 13.3. The van der Waals surface area contributed by atoms with E-state index in [1.165, 1.54) is 0 Å². The largest absolute Gasteiger partial charge is 0.497 e. The smallest absolute Gasteiger partial charge is 0.321 e. The Bertz CT molecular complexity index is 983. The molecule has 2 heterocycles. The molecule has 3 amide bonds. The molecule has 0 aromatic heterocycles. The van der Waals surface area contributed by atoms with Crippen molar-refractivity contribution in [1.29, 1.82) is 0 Å². The van der Waals surface area contributed by atoms with Crippen LogP contribution in [0.5, 0.6) is 17.2 Å². The molecule has 9 heteroatoms. The van der Waals surface area contributed by atoms with Crippen molar-refractivity contribution in [1.82, 2.24) is 9.80 Å². The Morgan fingerprint density at radius 3 is 2.06 bits per heavy atom. The fraction of sp³-hybridized carbons (Fsp3) is 0.417. The Morgan fingerprint density at radius 2 is 1.48 bits per heavy atom. The lowest BCUT2D eigenvalue weighted by Crippen LogP contribution is -2.54. The number of methoxy groups -OCH3 is 3. The van der Waals surface area contributed by atoms with Crippen molar-refractivity contribution >= 4 is 29.4 Å². The fourth-order valence-electron chi connectivity index (χ4n) is 4.34. The van der Waals surface area contributed by atoms with E-state index in [-0.39, 0.29) is 16.8 Å². The van der Waals surface area contributed by atoms with Crippen molar-refractivity contribution in [2.45, 2.75) is 17.7 Å². The molecule has 2 aromatic carbocycles. The molecule has 33 heavy (non-hydrogen) atoms. The zero-order valence-corrected chi connectivity index (χ0v) is 19.9. The van der Waals surface area contributed by atoms with Gasteiger partial charge in [0.05, 0.1) is 26.2 Å². The molecule has 0 radical (unpaired) electrons. The number of thioether (sulfide) groups is 1. The van der Waals surface area contributed by atoms with Crippen molar-refractivity contribution in [3.63, 3.8) is 0 Å². The lowest BCUT2D eigenvalue weighted by atomic mass is 10.0. The minimum absolute atomic E-state index is 0.0315. The Morgan fingerprint density at radius 1 is 0.879 bits per heavy atom.